The third-order valence-electron chi connectivity index (χ3n) is 3.92. The van der Waals surface area contributed by atoms with E-state index in [2.05, 4.69) is 5.32 Å². The molecule has 0 aromatic carbocycles. The van der Waals surface area contributed by atoms with Gasteiger partial charge in [-0.3, -0.25) is 0 Å². The Morgan fingerprint density at radius 1 is 1.11 bits per heavy atom. The van der Waals surface area contributed by atoms with Gasteiger partial charge in [0.1, 0.15) is 6.04 Å². The molecule has 1 saturated heterocycles. The van der Waals surface area contributed by atoms with Crippen LogP contribution in [-0.2, 0) is 9.53 Å². The predicted octanol–water partition coefficient (Wildman–Crippen LogP) is 1.67. The smallest absolute Gasteiger partial charge is 0.328 e. The van der Waals surface area contributed by atoms with Crippen LogP contribution in [0.5, 0.6) is 0 Å². The zero-order chi connectivity index (χ0) is 13.0. The molecule has 1 atom stereocenters. The summed E-state index contributed by atoms with van der Waals surface area (Å²) in [5.74, 6) is -0.295. The molecule has 0 radical (unpaired) electrons. The average molecular weight is 254 g/mol. The molecule has 0 bridgehead atoms. The van der Waals surface area contributed by atoms with E-state index in [-0.39, 0.29) is 18.0 Å². The molecule has 2 rings (SSSR count). The van der Waals surface area contributed by atoms with Crippen LogP contribution in [0, 0.1) is 0 Å². The minimum atomic E-state index is -0.398. The summed E-state index contributed by atoms with van der Waals surface area (Å²) >= 11 is 0. The van der Waals surface area contributed by atoms with Gasteiger partial charge >= 0.3 is 12.0 Å². The van der Waals surface area contributed by atoms with Crippen molar-refractivity contribution in [3.05, 3.63) is 0 Å². The van der Waals surface area contributed by atoms with E-state index in [1.165, 1.54) is 20.0 Å². The number of ether oxygens (including phenoxy) is 1. The highest BCUT2D eigenvalue weighted by molar-refractivity contribution is 5.84. The Balaban J connectivity index is 1.94. The lowest BCUT2D eigenvalue weighted by molar-refractivity contribution is -0.146. The molecule has 1 N–H and O–H groups in total. The summed E-state index contributed by atoms with van der Waals surface area (Å²) < 4.78 is 4.78. The van der Waals surface area contributed by atoms with Crippen LogP contribution in [0.1, 0.15) is 44.9 Å². The minimum Gasteiger partial charge on any atom is -0.467 e. The first-order chi connectivity index (χ1) is 8.72. The number of carbonyl (C=O) groups is 2. The summed E-state index contributed by atoms with van der Waals surface area (Å²) in [6, 6.07) is -0.208. The molecule has 2 amide bonds. The van der Waals surface area contributed by atoms with Crippen LogP contribution in [0.4, 0.5) is 4.79 Å². The van der Waals surface area contributed by atoms with Crippen LogP contribution in [-0.4, -0.2) is 42.6 Å². The van der Waals surface area contributed by atoms with E-state index in [0.29, 0.717) is 13.0 Å². The van der Waals surface area contributed by atoms with Crippen LogP contribution in [0.15, 0.2) is 0 Å². The van der Waals surface area contributed by atoms with Crippen molar-refractivity contribution >= 4 is 12.0 Å². The summed E-state index contributed by atoms with van der Waals surface area (Å²) in [4.78, 5) is 25.5. The van der Waals surface area contributed by atoms with Crippen LogP contribution < -0.4 is 5.32 Å². The van der Waals surface area contributed by atoms with Gasteiger partial charge in [-0.25, -0.2) is 9.59 Å². The highest BCUT2D eigenvalue weighted by Gasteiger charge is 2.33. The fourth-order valence-corrected chi connectivity index (χ4v) is 2.88. The van der Waals surface area contributed by atoms with E-state index in [0.717, 1.165) is 25.7 Å². The third-order valence-corrected chi connectivity index (χ3v) is 3.92. The van der Waals surface area contributed by atoms with Crippen molar-refractivity contribution < 1.29 is 14.3 Å². The van der Waals surface area contributed by atoms with Gasteiger partial charge in [-0.15, -0.1) is 0 Å². The van der Waals surface area contributed by atoms with E-state index < -0.39 is 6.04 Å². The quantitative estimate of drug-likeness (QED) is 0.762. The average Bonchev–Trinajstić information content (AvgIpc) is 2.90. The van der Waals surface area contributed by atoms with E-state index in [1.807, 2.05) is 0 Å². The molecule has 5 nitrogen and oxygen atoms in total. The van der Waals surface area contributed by atoms with Crippen LogP contribution >= 0.6 is 0 Å². The number of rotatable bonds is 2. The molecular formula is C13H22N2O3. The Bertz CT molecular complexity index is 313. The number of likely N-dealkylation sites (tertiary alicyclic amines) is 1. The highest BCUT2D eigenvalue weighted by Crippen LogP contribution is 2.21. The first-order valence-corrected chi connectivity index (χ1v) is 6.87. The van der Waals surface area contributed by atoms with E-state index in [1.54, 1.807) is 4.90 Å². The van der Waals surface area contributed by atoms with Crippen molar-refractivity contribution in [2.24, 2.45) is 0 Å². The first-order valence-electron chi connectivity index (χ1n) is 6.87. The van der Waals surface area contributed by atoms with Gasteiger partial charge in [0.15, 0.2) is 0 Å². The molecule has 102 valence electrons. The summed E-state index contributed by atoms with van der Waals surface area (Å²) in [6.07, 6.45) is 7.14. The topological polar surface area (TPSA) is 58.6 Å². The maximum absolute atomic E-state index is 12.2. The van der Waals surface area contributed by atoms with Crippen molar-refractivity contribution in [3.8, 4) is 0 Å². The van der Waals surface area contributed by atoms with Gasteiger partial charge in [-0.2, -0.15) is 0 Å². The second-order valence-corrected chi connectivity index (χ2v) is 5.16. The van der Waals surface area contributed by atoms with E-state index in [4.69, 9.17) is 4.74 Å². The molecule has 1 saturated carbocycles. The van der Waals surface area contributed by atoms with Gasteiger partial charge in [0.05, 0.1) is 7.11 Å². The zero-order valence-electron chi connectivity index (χ0n) is 11.0. The summed E-state index contributed by atoms with van der Waals surface area (Å²) in [5.41, 5.74) is 0. The Kier molecular flexibility index (Phi) is 4.44. The Labute approximate surface area is 108 Å². The molecule has 1 heterocycles. The second kappa shape index (κ2) is 6.07. The number of nitrogens with zero attached hydrogens (tertiary/aromatic N) is 1. The number of esters is 1. The maximum atomic E-state index is 12.2. The number of carbonyl (C=O) groups excluding carboxylic acids is 2. The molecule has 2 aliphatic rings. The molecule has 1 aliphatic carbocycles. The highest BCUT2D eigenvalue weighted by atomic mass is 16.5. The Morgan fingerprint density at radius 2 is 1.78 bits per heavy atom. The number of methoxy groups -OCH3 is 1. The van der Waals surface area contributed by atoms with Crippen molar-refractivity contribution in [1.82, 2.24) is 10.2 Å². The van der Waals surface area contributed by atoms with Gasteiger partial charge in [-0.1, -0.05) is 12.8 Å². The lowest BCUT2D eigenvalue weighted by Gasteiger charge is -2.34. The summed E-state index contributed by atoms with van der Waals surface area (Å²) in [6.45, 7) is 0.651. The van der Waals surface area contributed by atoms with Gasteiger partial charge in [0.2, 0.25) is 0 Å². The number of nitrogens with one attached hydrogen (secondary N) is 1. The number of piperidine rings is 1. The maximum Gasteiger partial charge on any atom is 0.328 e. The summed E-state index contributed by atoms with van der Waals surface area (Å²) in [7, 11) is 1.38. The lowest BCUT2D eigenvalue weighted by Crippen LogP contribution is -2.53. The van der Waals surface area contributed by atoms with Gasteiger partial charge in [-0.05, 0) is 32.1 Å². The molecule has 0 aromatic rings. The third kappa shape index (κ3) is 2.94. The lowest BCUT2D eigenvalue weighted by atomic mass is 10.0. The zero-order valence-corrected chi connectivity index (χ0v) is 11.0. The van der Waals surface area contributed by atoms with Gasteiger partial charge in [0, 0.05) is 12.6 Å². The second-order valence-electron chi connectivity index (χ2n) is 5.16. The molecule has 18 heavy (non-hydrogen) atoms. The molecule has 2 fully saturated rings. The number of amides is 2. The van der Waals surface area contributed by atoms with Crippen molar-refractivity contribution in [3.63, 3.8) is 0 Å². The van der Waals surface area contributed by atoms with Crippen LogP contribution in [0.2, 0.25) is 0 Å². The monoisotopic (exact) mass is 254 g/mol. The molecule has 0 aromatic heterocycles. The van der Waals surface area contributed by atoms with E-state index in [9.17, 15) is 9.59 Å². The molecule has 5 heteroatoms. The van der Waals surface area contributed by atoms with Crippen LogP contribution in [0.25, 0.3) is 0 Å². The summed E-state index contributed by atoms with van der Waals surface area (Å²) in [5, 5.41) is 3.04. The van der Waals surface area contributed by atoms with Crippen molar-refractivity contribution in [1.29, 1.82) is 0 Å². The Hall–Kier alpha value is -1.26. The number of urea groups is 1. The van der Waals surface area contributed by atoms with Gasteiger partial charge < -0.3 is 15.0 Å². The fourth-order valence-electron chi connectivity index (χ4n) is 2.88. The molecule has 0 spiro atoms. The van der Waals surface area contributed by atoms with Crippen molar-refractivity contribution in [2.45, 2.75) is 57.0 Å². The van der Waals surface area contributed by atoms with Crippen molar-refractivity contribution in [2.75, 3.05) is 13.7 Å². The number of hydrogen-bond donors (Lipinski definition) is 1. The first kappa shape index (κ1) is 13.2. The fraction of sp³-hybridized carbons (Fsp3) is 0.846. The molecular weight excluding hydrogens is 232 g/mol. The van der Waals surface area contributed by atoms with Crippen LogP contribution in [0.3, 0.4) is 0 Å². The minimum absolute atomic E-state index is 0.1000. The largest absolute Gasteiger partial charge is 0.467 e. The predicted molar refractivity (Wildman–Crippen MR) is 67.1 cm³/mol. The standard InChI is InChI=1S/C13H22N2O3/c1-18-12(16)11-8-4-5-9-15(11)13(17)14-10-6-2-3-7-10/h10-11H,2-9H2,1H3,(H,14,17). The molecule has 1 aliphatic heterocycles. The molecule has 1 unspecified atom stereocenters. The normalized spacial score (nSPS) is 24.9. The van der Waals surface area contributed by atoms with E-state index >= 15 is 0 Å². The van der Waals surface area contributed by atoms with Gasteiger partial charge in [0.25, 0.3) is 0 Å². The SMILES string of the molecule is COC(=O)C1CCCCN1C(=O)NC1CCCC1. The Morgan fingerprint density at radius 3 is 2.44 bits per heavy atom. The number of hydrogen-bond acceptors (Lipinski definition) is 3.